The number of nitrogens with zero attached hydrogens (tertiary/aromatic N) is 3. The van der Waals surface area contributed by atoms with Crippen molar-refractivity contribution in [3.63, 3.8) is 0 Å². The minimum atomic E-state index is -4.49. The lowest BCUT2D eigenvalue weighted by atomic mass is 10.0. The smallest absolute Gasteiger partial charge is 0.345 e. The standard InChI is InChI=1S/C24H23F3N4O/c25-24(26,27)17-5-3-4-16(12-17)23(32)29-20-6-1-2-7-21-19(20)14-31(30-21)18-10-11-28-22(13-18)15-8-9-15/h3-5,10-15,20H,1-2,6-9H2,(H,29,32). The first kappa shape index (κ1) is 20.7. The van der Waals surface area contributed by atoms with Gasteiger partial charge in [0.25, 0.3) is 5.91 Å². The maximum Gasteiger partial charge on any atom is 0.416 e. The van der Waals surface area contributed by atoms with Crippen molar-refractivity contribution in [1.29, 1.82) is 0 Å². The van der Waals surface area contributed by atoms with E-state index in [2.05, 4.69) is 16.4 Å². The van der Waals surface area contributed by atoms with E-state index in [9.17, 15) is 18.0 Å². The molecule has 1 fully saturated rings. The van der Waals surface area contributed by atoms with Crippen molar-refractivity contribution in [3.8, 4) is 5.69 Å². The van der Waals surface area contributed by atoms with Crippen LogP contribution in [0, 0.1) is 0 Å². The topological polar surface area (TPSA) is 59.8 Å². The Morgan fingerprint density at radius 3 is 2.72 bits per heavy atom. The molecule has 8 heteroatoms. The minimum absolute atomic E-state index is 0.00113. The van der Waals surface area contributed by atoms with Gasteiger partial charge in [-0.1, -0.05) is 12.5 Å². The largest absolute Gasteiger partial charge is 0.416 e. The zero-order chi connectivity index (χ0) is 22.3. The van der Waals surface area contributed by atoms with Crippen molar-refractivity contribution in [2.45, 2.75) is 56.7 Å². The summed E-state index contributed by atoms with van der Waals surface area (Å²) in [7, 11) is 0. The molecule has 3 aromatic rings. The van der Waals surface area contributed by atoms with Crippen LogP contribution in [0.2, 0.25) is 0 Å². The summed E-state index contributed by atoms with van der Waals surface area (Å²) in [5.74, 6) is 0.0180. The van der Waals surface area contributed by atoms with Crippen molar-refractivity contribution >= 4 is 5.91 Å². The first-order valence-electron chi connectivity index (χ1n) is 10.9. The van der Waals surface area contributed by atoms with Crippen LogP contribution in [0.15, 0.2) is 48.8 Å². The van der Waals surface area contributed by atoms with Gasteiger partial charge in [0, 0.05) is 35.1 Å². The second kappa shape index (κ2) is 8.07. The summed E-state index contributed by atoms with van der Waals surface area (Å²) in [4.78, 5) is 17.3. The molecule has 32 heavy (non-hydrogen) atoms. The van der Waals surface area contributed by atoms with Crippen LogP contribution < -0.4 is 5.32 Å². The molecule has 0 spiro atoms. The Balaban J connectivity index is 1.41. The summed E-state index contributed by atoms with van der Waals surface area (Å²) in [6.07, 6.45) is 4.94. The molecule has 1 amide bonds. The van der Waals surface area contributed by atoms with Crippen molar-refractivity contribution in [1.82, 2.24) is 20.1 Å². The van der Waals surface area contributed by atoms with E-state index in [1.165, 1.54) is 12.1 Å². The highest BCUT2D eigenvalue weighted by atomic mass is 19.4. The molecule has 2 heterocycles. The number of amides is 1. The van der Waals surface area contributed by atoms with Crippen LogP contribution in [-0.4, -0.2) is 20.7 Å². The third-order valence-corrected chi connectivity index (χ3v) is 6.14. The van der Waals surface area contributed by atoms with E-state index < -0.39 is 17.6 Å². The first-order chi connectivity index (χ1) is 15.4. The van der Waals surface area contributed by atoms with Crippen molar-refractivity contribution in [3.05, 3.63) is 76.9 Å². The van der Waals surface area contributed by atoms with Crippen LogP contribution in [0.5, 0.6) is 0 Å². The highest BCUT2D eigenvalue weighted by Gasteiger charge is 2.31. The van der Waals surface area contributed by atoms with Gasteiger partial charge < -0.3 is 5.32 Å². The molecule has 0 saturated heterocycles. The van der Waals surface area contributed by atoms with E-state index in [1.54, 1.807) is 6.20 Å². The maximum atomic E-state index is 13.0. The quantitative estimate of drug-likeness (QED) is 0.556. The predicted octanol–water partition coefficient (Wildman–Crippen LogP) is 5.36. The third kappa shape index (κ3) is 4.26. The third-order valence-electron chi connectivity index (χ3n) is 6.14. The molecule has 1 N–H and O–H groups in total. The molecule has 2 aliphatic rings. The molecule has 1 aromatic carbocycles. The monoisotopic (exact) mass is 440 g/mol. The average Bonchev–Trinajstić information content (AvgIpc) is 3.58. The SMILES string of the molecule is O=C(NC1CCCCc2nn(-c3ccnc(C4CC4)c3)cc21)c1cccc(C(F)(F)F)c1. The van der Waals surface area contributed by atoms with Crippen molar-refractivity contribution in [2.75, 3.05) is 0 Å². The van der Waals surface area contributed by atoms with Crippen LogP contribution in [0.25, 0.3) is 5.69 Å². The van der Waals surface area contributed by atoms with Gasteiger partial charge in [0.05, 0.1) is 23.0 Å². The molecule has 1 atom stereocenters. The highest BCUT2D eigenvalue weighted by molar-refractivity contribution is 5.94. The van der Waals surface area contributed by atoms with Crippen LogP contribution in [0.4, 0.5) is 13.2 Å². The molecule has 2 aromatic heterocycles. The van der Waals surface area contributed by atoms with Gasteiger partial charge in [0.15, 0.2) is 0 Å². The summed E-state index contributed by atoms with van der Waals surface area (Å²) in [5, 5.41) is 7.71. The van der Waals surface area contributed by atoms with E-state index in [4.69, 9.17) is 5.10 Å². The number of aryl methyl sites for hydroxylation is 1. The fraction of sp³-hybridized carbons (Fsp3) is 0.375. The number of halogens is 3. The number of rotatable bonds is 4. The molecular weight excluding hydrogens is 417 g/mol. The van der Waals surface area contributed by atoms with E-state index in [1.807, 2.05) is 16.9 Å². The normalized spacial score (nSPS) is 18.7. The maximum absolute atomic E-state index is 13.0. The molecular formula is C24H23F3N4O. The first-order valence-corrected chi connectivity index (χ1v) is 10.9. The number of carbonyl (C=O) groups is 1. The zero-order valence-electron chi connectivity index (χ0n) is 17.4. The van der Waals surface area contributed by atoms with Gasteiger partial charge in [-0.3, -0.25) is 9.78 Å². The highest BCUT2D eigenvalue weighted by Crippen LogP contribution is 2.39. The second-order valence-corrected chi connectivity index (χ2v) is 8.54. The van der Waals surface area contributed by atoms with Gasteiger partial charge in [-0.15, -0.1) is 0 Å². The molecule has 5 rings (SSSR count). The zero-order valence-corrected chi connectivity index (χ0v) is 17.4. The Labute approximate surface area is 183 Å². The number of hydrogen-bond acceptors (Lipinski definition) is 3. The number of pyridine rings is 1. The fourth-order valence-electron chi connectivity index (χ4n) is 4.25. The summed E-state index contributed by atoms with van der Waals surface area (Å²) >= 11 is 0. The second-order valence-electron chi connectivity index (χ2n) is 8.54. The van der Waals surface area contributed by atoms with E-state index in [0.29, 0.717) is 12.3 Å². The number of aromatic nitrogens is 3. The van der Waals surface area contributed by atoms with Gasteiger partial charge >= 0.3 is 6.18 Å². The van der Waals surface area contributed by atoms with E-state index in [0.717, 1.165) is 66.9 Å². The van der Waals surface area contributed by atoms with Crippen molar-refractivity contribution < 1.29 is 18.0 Å². The summed E-state index contributed by atoms with van der Waals surface area (Å²) < 4.78 is 40.9. The lowest BCUT2D eigenvalue weighted by Gasteiger charge is -2.17. The van der Waals surface area contributed by atoms with Crippen LogP contribution in [0.3, 0.4) is 0 Å². The molecule has 1 unspecified atom stereocenters. The Morgan fingerprint density at radius 2 is 1.94 bits per heavy atom. The Kier molecular flexibility index (Phi) is 5.23. The van der Waals surface area contributed by atoms with E-state index >= 15 is 0 Å². The predicted molar refractivity (Wildman–Crippen MR) is 113 cm³/mol. The number of carbonyl (C=O) groups excluding carboxylic acids is 1. The molecule has 0 bridgehead atoms. The Bertz CT molecular complexity index is 1150. The minimum Gasteiger partial charge on any atom is -0.345 e. The average molecular weight is 440 g/mol. The molecule has 2 aliphatic carbocycles. The van der Waals surface area contributed by atoms with Crippen LogP contribution in [0.1, 0.15) is 76.9 Å². The summed E-state index contributed by atoms with van der Waals surface area (Å²) in [5.41, 5.74) is 3.01. The lowest BCUT2D eigenvalue weighted by Crippen LogP contribution is -2.28. The van der Waals surface area contributed by atoms with Crippen LogP contribution >= 0.6 is 0 Å². The van der Waals surface area contributed by atoms with Crippen LogP contribution in [-0.2, 0) is 12.6 Å². The Hall–Kier alpha value is -3.16. The summed E-state index contributed by atoms with van der Waals surface area (Å²) in [6, 6.07) is 8.20. The van der Waals surface area contributed by atoms with E-state index in [-0.39, 0.29) is 11.6 Å². The van der Waals surface area contributed by atoms with Gasteiger partial charge in [-0.2, -0.15) is 18.3 Å². The molecule has 5 nitrogen and oxygen atoms in total. The number of alkyl halides is 3. The summed E-state index contributed by atoms with van der Waals surface area (Å²) in [6.45, 7) is 0. The number of nitrogens with one attached hydrogen (secondary N) is 1. The van der Waals surface area contributed by atoms with Gasteiger partial charge in [-0.25, -0.2) is 4.68 Å². The van der Waals surface area contributed by atoms with Crippen molar-refractivity contribution in [2.24, 2.45) is 0 Å². The number of fused-ring (bicyclic) bond motifs is 1. The van der Waals surface area contributed by atoms with Gasteiger partial charge in [0.2, 0.25) is 0 Å². The molecule has 1 saturated carbocycles. The molecule has 0 aliphatic heterocycles. The van der Waals surface area contributed by atoms with Gasteiger partial charge in [0.1, 0.15) is 0 Å². The van der Waals surface area contributed by atoms with Gasteiger partial charge in [-0.05, 0) is 62.4 Å². The number of benzene rings is 1. The molecule has 0 radical (unpaired) electrons. The Morgan fingerprint density at radius 1 is 1.09 bits per heavy atom. The molecule has 166 valence electrons. The lowest BCUT2D eigenvalue weighted by molar-refractivity contribution is -0.137. The fourth-order valence-corrected chi connectivity index (χ4v) is 4.25. The number of hydrogen-bond donors (Lipinski definition) is 1.